The molecule has 0 aliphatic heterocycles. The van der Waals surface area contributed by atoms with Crippen LogP contribution >= 0.6 is 0 Å². The van der Waals surface area contributed by atoms with Crippen LogP contribution in [-0.4, -0.2) is 44.4 Å². The molecule has 17 heavy (non-hydrogen) atoms. The first-order valence-corrected chi connectivity index (χ1v) is 3.83. The Morgan fingerprint density at radius 2 is 1.35 bits per heavy atom. The summed E-state index contributed by atoms with van der Waals surface area (Å²) >= 11 is 0. The first-order chi connectivity index (χ1) is 7.80. The molecule has 0 rings (SSSR count). The fourth-order valence-corrected chi connectivity index (χ4v) is 0.884. The molecule has 0 amide bonds. The Morgan fingerprint density at radius 3 is 1.53 bits per heavy atom. The van der Waals surface area contributed by atoms with Crippen LogP contribution < -0.4 is 0 Å². The van der Waals surface area contributed by atoms with Crippen LogP contribution in [-0.2, 0) is 9.68 Å². The van der Waals surface area contributed by atoms with E-state index in [0.717, 1.165) is 0 Å². The van der Waals surface area contributed by atoms with Crippen molar-refractivity contribution in [2.45, 2.75) is 5.91 Å². The van der Waals surface area contributed by atoms with Gasteiger partial charge in [0.15, 0.2) is 0 Å². The molecule has 0 aromatic heterocycles. The third-order valence-corrected chi connectivity index (χ3v) is 1.62. The van der Waals surface area contributed by atoms with Gasteiger partial charge < -0.3 is 10.2 Å². The summed E-state index contributed by atoms with van der Waals surface area (Å²) in [4.78, 5) is 36.0. The van der Waals surface area contributed by atoms with Gasteiger partial charge in [0.25, 0.3) is 0 Å². The fraction of sp³-hybridized carbons (Fsp3) is 1.00. The van der Waals surface area contributed by atoms with Gasteiger partial charge in [0.1, 0.15) is 5.92 Å². The molecular weight excluding hydrogens is 250 g/mol. The topological polar surface area (TPSA) is 188 Å². The van der Waals surface area contributed by atoms with Crippen molar-refractivity contribution in [3.05, 3.63) is 30.3 Å². The first-order valence-electron chi connectivity index (χ1n) is 3.83. The highest BCUT2D eigenvalue weighted by Gasteiger charge is 2.59. The Labute approximate surface area is 91.5 Å². The normalized spacial score (nSPS) is 11.0. The van der Waals surface area contributed by atoms with E-state index in [1.54, 1.807) is 0 Å². The SMILES string of the molecule is O=[N+]([O-])OC(O[N+](=O)[O-])(C(CO)CO)[N+](=O)[O-]. The summed E-state index contributed by atoms with van der Waals surface area (Å²) in [7, 11) is 0. The Balaban J connectivity index is 5.43. The average molecular weight is 257 g/mol. The van der Waals surface area contributed by atoms with E-state index in [1.807, 2.05) is 0 Å². The minimum Gasteiger partial charge on any atom is -0.396 e. The summed E-state index contributed by atoms with van der Waals surface area (Å²) in [5.74, 6) is -5.63. The maximum absolute atomic E-state index is 10.6. The predicted octanol–water partition coefficient (Wildman–Crippen LogP) is -2.07. The molecule has 0 saturated heterocycles. The van der Waals surface area contributed by atoms with Crippen LogP contribution in [0.1, 0.15) is 0 Å². The van der Waals surface area contributed by atoms with E-state index in [4.69, 9.17) is 10.2 Å². The Hall–Kier alpha value is -2.28. The molecule has 0 fully saturated rings. The molecule has 98 valence electrons. The number of hydrogen-bond acceptors (Lipinski definition) is 10. The highest BCUT2D eigenvalue weighted by atomic mass is 17.1. The van der Waals surface area contributed by atoms with Crippen LogP contribution in [0, 0.1) is 36.3 Å². The predicted molar refractivity (Wildman–Crippen MR) is 43.5 cm³/mol. The van der Waals surface area contributed by atoms with Gasteiger partial charge >= 0.3 is 16.1 Å². The van der Waals surface area contributed by atoms with Crippen LogP contribution in [0.4, 0.5) is 0 Å². The summed E-state index contributed by atoms with van der Waals surface area (Å²) in [6.45, 7) is -2.42. The van der Waals surface area contributed by atoms with Crippen molar-refractivity contribution in [2.24, 2.45) is 5.92 Å². The van der Waals surface area contributed by atoms with E-state index in [1.165, 1.54) is 0 Å². The van der Waals surface area contributed by atoms with Gasteiger partial charge in [-0.25, -0.2) is 9.68 Å². The monoisotopic (exact) mass is 257 g/mol. The summed E-state index contributed by atoms with van der Waals surface area (Å²) < 4.78 is 0. The van der Waals surface area contributed by atoms with Gasteiger partial charge in [-0.2, -0.15) is 0 Å². The van der Waals surface area contributed by atoms with Crippen LogP contribution in [0.3, 0.4) is 0 Å². The second kappa shape index (κ2) is 5.71. The lowest BCUT2D eigenvalue weighted by molar-refractivity contribution is -0.963. The third kappa shape index (κ3) is 3.35. The lowest BCUT2D eigenvalue weighted by Crippen LogP contribution is -2.55. The standard InChI is InChI=1S/C4H7N3O10/c8-1-3(2-9)4(5(10)11,16-6(12)13)17-7(14)15/h3,8-9H,1-2H2. The van der Waals surface area contributed by atoms with Crippen LogP contribution in [0.2, 0.25) is 0 Å². The molecule has 0 saturated carbocycles. The Morgan fingerprint density at radius 1 is 1.00 bits per heavy atom. The molecule has 0 aliphatic rings. The van der Waals surface area contributed by atoms with Gasteiger partial charge in [-0.3, -0.25) is 10.1 Å². The maximum Gasteiger partial charge on any atom is 0.518 e. The number of nitro groups is 1. The number of hydrogen-bond donors (Lipinski definition) is 2. The Kier molecular flexibility index (Phi) is 4.94. The highest BCUT2D eigenvalue weighted by molar-refractivity contribution is 4.66. The molecule has 0 aromatic rings. The van der Waals surface area contributed by atoms with Crippen molar-refractivity contribution < 1.29 is 35.0 Å². The van der Waals surface area contributed by atoms with Crippen molar-refractivity contribution in [2.75, 3.05) is 13.2 Å². The molecular formula is C4H7N3O10. The molecule has 0 atom stereocenters. The number of rotatable bonds is 8. The average Bonchev–Trinajstić information content (AvgIpc) is 2.16. The van der Waals surface area contributed by atoms with Gasteiger partial charge in [0.05, 0.1) is 18.1 Å². The van der Waals surface area contributed by atoms with E-state index in [2.05, 4.69) is 9.68 Å². The molecule has 0 spiro atoms. The summed E-state index contributed by atoms with van der Waals surface area (Å²) in [5, 5.41) is 44.6. The molecule has 0 radical (unpaired) electrons. The van der Waals surface area contributed by atoms with E-state index >= 15 is 0 Å². The molecule has 2 N–H and O–H groups in total. The van der Waals surface area contributed by atoms with Crippen LogP contribution in [0.5, 0.6) is 0 Å². The zero-order chi connectivity index (χ0) is 13.6. The maximum atomic E-state index is 10.6. The zero-order valence-corrected chi connectivity index (χ0v) is 7.99. The fourth-order valence-electron chi connectivity index (χ4n) is 0.884. The second-order valence-electron chi connectivity index (χ2n) is 2.58. The van der Waals surface area contributed by atoms with Crippen molar-refractivity contribution in [1.29, 1.82) is 0 Å². The lowest BCUT2D eigenvalue weighted by Gasteiger charge is -2.25. The van der Waals surface area contributed by atoms with Crippen molar-refractivity contribution >= 4 is 0 Å². The minimum absolute atomic E-state index is 1.21. The van der Waals surface area contributed by atoms with Crippen LogP contribution in [0.15, 0.2) is 0 Å². The quantitative estimate of drug-likeness (QED) is 0.277. The highest BCUT2D eigenvalue weighted by Crippen LogP contribution is 2.25. The van der Waals surface area contributed by atoms with Gasteiger partial charge in [-0.15, -0.1) is 20.2 Å². The van der Waals surface area contributed by atoms with E-state index in [0.29, 0.717) is 0 Å². The largest absolute Gasteiger partial charge is 0.518 e. The molecule has 0 aromatic carbocycles. The molecule has 0 unspecified atom stereocenters. The molecule has 13 nitrogen and oxygen atoms in total. The van der Waals surface area contributed by atoms with Crippen LogP contribution in [0.25, 0.3) is 0 Å². The van der Waals surface area contributed by atoms with Gasteiger partial charge in [0, 0.05) is 0 Å². The summed E-state index contributed by atoms with van der Waals surface area (Å²) in [5.41, 5.74) is 0. The molecule has 0 heterocycles. The van der Waals surface area contributed by atoms with E-state index in [-0.39, 0.29) is 0 Å². The summed E-state index contributed by atoms with van der Waals surface area (Å²) in [6, 6.07) is 0. The second-order valence-corrected chi connectivity index (χ2v) is 2.58. The minimum atomic E-state index is -3.61. The lowest BCUT2D eigenvalue weighted by atomic mass is 10.1. The smallest absolute Gasteiger partial charge is 0.396 e. The van der Waals surface area contributed by atoms with E-state index in [9.17, 15) is 30.3 Å². The Bertz CT molecular complexity index is 297. The van der Waals surface area contributed by atoms with Crippen molar-refractivity contribution in [3.63, 3.8) is 0 Å². The number of nitrogens with zero attached hydrogens (tertiary/aromatic N) is 3. The molecule has 13 heteroatoms. The van der Waals surface area contributed by atoms with Gasteiger partial charge in [0.2, 0.25) is 0 Å². The zero-order valence-electron chi connectivity index (χ0n) is 7.99. The van der Waals surface area contributed by atoms with Gasteiger partial charge in [-0.1, -0.05) is 0 Å². The number of aliphatic hydroxyl groups excluding tert-OH is 2. The molecule has 0 bridgehead atoms. The first kappa shape index (κ1) is 14.7. The van der Waals surface area contributed by atoms with E-state index < -0.39 is 40.1 Å². The third-order valence-electron chi connectivity index (χ3n) is 1.62. The van der Waals surface area contributed by atoms with Crippen molar-refractivity contribution in [1.82, 2.24) is 0 Å². The summed E-state index contributed by atoms with van der Waals surface area (Å²) in [6.07, 6.45) is 0. The van der Waals surface area contributed by atoms with Crippen molar-refractivity contribution in [3.8, 4) is 0 Å². The number of aliphatic hydroxyl groups is 2. The molecule has 0 aliphatic carbocycles. The van der Waals surface area contributed by atoms with Gasteiger partial charge in [-0.05, 0) is 0 Å².